The molecule has 118 valence electrons. The third kappa shape index (κ3) is 2.74. The van der Waals surface area contributed by atoms with Gasteiger partial charge >= 0.3 is 12.0 Å². The molecule has 1 N–H and O–H groups in total. The van der Waals surface area contributed by atoms with Gasteiger partial charge < -0.3 is 14.9 Å². The number of rotatable bonds is 1. The number of hydrogen-bond acceptors (Lipinski definition) is 2. The molecule has 5 nitrogen and oxygen atoms in total. The van der Waals surface area contributed by atoms with E-state index in [9.17, 15) is 14.7 Å². The summed E-state index contributed by atoms with van der Waals surface area (Å²) in [6.45, 7) is 3.71. The van der Waals surface area contributed by atoms with Gasteiger partial charge in [0.05, 0.1) is 0 Å². The highest BCUT2D eigenvalue weighted by Crippen LogP contribution is 2.38. The molecular formula is C16H26N2O3. The fraction of sp³-hybridized carbons (Fsp3) is 0.875. The first-order chi connectivity index (χ1) is 10.1. The van der Waals surface area contributed by atoms with Gasteiger partial charge in [0.25, 0.3) is 0 Å². The van der Waals surface area contributed by atoms with Crippen molar-refractivity contribution in [2.45, 2.75) is 64.0 Å². The first-order valence-electron chi connectivity index (χ1n) is 8.38. The van der Waals surface area contributed by atoms with Crippen molar-refractivity contribution in [2.24, 2.45) is 11.8 Å². The minimum atomic E-state index is -0.834. The predicted molar refractivity (Wildman–Crippen MR) is 79.0 cm³/mol. The average molecular weight is 294 g/mol. The van der Waals surface area contributed by atoms with E-state index in [2.05, 4.69) is 6.92 Å². The maximum Gasteiger partial charge on any atom is 0.326 e. The van der Waals surface area contributed by atoms with Crippen molar-refractivity contribution in [2.75, 3.05) is 13.1 Å². The van der Waals surface area contributed by atoms with E-state index in [0.29, 0.717) is 18.3 Å². The Balaban J connectivity index is 1.81. The normalized spacial score (nSPS) is 36.4. The summed E-state index contributed by atoms with van der Waals surface area (Å²) in [5, 5.41) is 9.53. The lowest BCUT2D eigenvalue weighted by Crippen LogP contribution is -2.60. The molecule has 1 aliphatic carbocycles. The van der Waals surface area contributed by atoms with Crippen LogP contribution in [0.25, 0.3) is 0 Å². The standard InChI is InChI=1S/C16H26N2O3/c1-11-8-9-17(10-11)16(21)18-13-5-3-2-4-12(13)6-7-14(18)15(19)20/h11-14H,2-10H2,1H3,(H,19,20). The van der Waals surface area contributed by atoms with Crippen molar-refractivity contribution < 1.29 is 14.7 Å². The molecule has 5 heteroatoms. The van der Waals surface area contributed by atoms with Gasteiger partial charge in [-0.2, -0.15) is 0 Å². The Labute approximate surface area is 126 Å². The van der Waals surface area contributed by atoms with Crippen LogP contribution in [0, 0.1) is 11.8 Å². The van der Waals surface area contributed by atoms with E-state index in [1.807, 2.05) is 4.90 Å². The van der Waals surface area contributed by atoms with Crippen LogP contribution in [-0.4, -0.2) is 52.1 Å². The number of hydrogen-bond donors (Lipinski definition) is 1. The Morgan fingerprint density at radius 2 is 1.81 bits per heavy atom. The second-order valence-electron chi connectivity index (χ2n) is 7.07. The average Bonchev–Trinajstić information content (AvgIpc) is 2.91. The molecule has 0 aromatic heterocycles. The lowest BCUT2D eigenvalue weighted by molar-refractivity contribution is -0.146. The monoisotopic (exact) mass is 294 g/mol. The molecule has 21 heavy (non-hydrogen) atoms. The number of fused-ring (bicyclic) bond motifs is 1. The Morgan fingerprint density at radius 1 is 1.05 bits per heavy atom. The molecule has 0 aromatic carbocycles. The second kappa shape index (κ2) is 5.85. The van der Waals surface area contributed by atoms with Crippen LogP contribution < -0.4 is 0 Å². The van der Waals surface area contributed by atoms with Crippen LogP contribution in [0.2, 0.25) is 0 Å². The van der Waals surface area contributed by atoms with Gasteiger partial charge in [-0.3, -0.25) is 0 Å². The molecular weight excluding hydrogens is 268 g/mol. The number of carboxylic acids is 1. The van der Waals surface area contributed by atoms with E-state index in [1.165, 1.54) is 6.42 Å². The number of likely N-dealkylation sites (tertiary alicyclic amines) is 2. The highest BCUT2D eigenvalue weighted by molar-refractivity contribution is 5.83. The molecule has 3 rings (SSSR count). The molecule has 2 amide bonds. The SMILES string of the molecule is CC1CCN(C(=O)N2C(C(=O)O)CCC3CCCCC32)C1. The highest BCUT2D eigenvalue weighted by atomic mass is 16.4. The van der Waals surface area contributed by atoms with Crippen molar-refractivity contribution in [1.29, 1.82) is 0 Å². The number of aliphatic carboxylic acids is 1. The summed E-state index contributed by atoms with van der Waals surface area (Å²) in [6.07, 6.45) is 7.08. The van der Waals surface area contributed by atoms with Gasteiger partial charge in [0.1, 0.15) is 6.04 Å². The molecule has 1 saturated carbocycles. The Morgan fingerprint density at radius 3 is 2.48 bits per heavy atom. The topological polar surface area (TPSA) is 60.9 Å². The molecule has 3 fully saturated rings. The van der Waals surface area contributed by atoms with Gasteiger partial charge in [-0.05, 0) is 43.9 Å². The molecule has 0 radical (unpaired) electrons. The summed E-state index contributed by atoms with van der Waals surface area (Å²) in [5.41, 5.74) is 0. The van der Waals surface area contributed by atoms with Gasteiger partial charge in [0.15, 0.2) is 0 Å². The van der Waals surface area contributed by atoms with Crippen LogP contribution >= 0.6 is 0 Å². The zero-order valence-corrected chi connectivity index (χ0v) is 12.8. The molecule has 2 aliphatic heterocycles. The smallest absolute Gasteiger partial charge is 0.326 e. The maximum atomic E-state index is 12.9. The quantitative estimate of drug-likeness (QED) is 0.808. The van der Waals surface area contributed by atoms with E-state index >= 15 is 0 Å². The third-order valence-corrected chi connectivity index (χ3v) is 5.57. The number of carboxylic acid groups (broad SMARTS) is 1. The van der Waals surface area contributed by atoms with Gasteiger partial charge in [-0.25, -0.2) is 9.59 Å². The van der Waals surface area contributed by atoms with Crippen LogP contribution in [-0.2, 0) is 4.79 Å². The van der Waals surface area contributed by atoms with Gasteiger partial charge in [-0.15, -0.1) is 0 Å². The third-order valence-electron chi connectivity index (χ3n) is 5.57. The van der Waals surface area contributed by atoms with Gasteiger partial charge in [0, 0.05) is 19.1 Å². The number of carbonyl (C=O) groups is 2. The van der Waals surface area contributed by atoms with E-state index in [1.54, 1.807) is 4.90 Å². The highest BCUT2D eigenvalue weighted by Gasteiger charge is 2.45. The zero-order valence-electron chi connectivity index (χ0n) is 12.8. The van der Waals surface area contributed by atoms with Crippen LogP contribution in [0.4, 0.5) is 4.79 Å². The van der Waals surface area contributed by atoms with E-state index < -0.39 is 12.0 Å². The fourth-order valence-corrected chi connectivity index (χ4v) is 4.42. The molecule has 2 saturated heterocycles. The zero-order chi connectivity index (χ0) is 15.0. The summed E-state index contributed by atoms with van der Waals surface area (Å²) in [5.74, 6) is 0.210. The lowest BCUT2D eigenvalue weighted by Gasteiger charge is -2.48. The summed E-state index contributed by atoms with van der Waals surface area (Å²) in [7, 11) is 0. The van der Waals surface area contributed by atoms with E-state index in [-0.39, 0.29) is 12.1 Å². The lowest BCUT2D eigenvalue weighted by atomic mass is 9.76. The fourth-order valence-electron chi connectivity index (χ4n) is 4.42. The number of carbonyl (C=O) groups excluding carboxylic acids is 1. The van der Waals surface area contributed by atoms with Crippen LogP contribution in [0.3, 0.4) is 0 Å². The van der Waals surface area contributed by atoms with Gasteiger partial charge in [0.2, 0.25) is 0 Å². The van der Waals surface area contributed by atoms with E-state index in [0.717, 1.165) is 45.2 Å². The minimum absolute atomic E-state index is 0.0247. The summed E-state index contributed by atoms with van der Waals surface area (Å²) < 4.78 is 0. The Hall–Kier alpha value is -1.26. The van der Waals surface area contributed by atoms with Crippen molar-refractivity contribution in [3.8, 4) is 0 Å². The van der Waals surface area contributed by atoms with Crippen molar-refractivity contribution in [3.63, 3.8) is 0 Å². The molecule has 0 bridgehead atoms. The van der Waals surface area contributed by atoms with Crippen LogP contribution in [0.1, 0.15) is 51.9 Å². The minimum Gasteiger partial charge on any atom is -0.480 e. The largest absolute Gasteiger partial charge is 0.480 e. The number of piperidine rings is 1. The molecule has 4 unspecified atom stereocenters. The number of urea groups is 1. The Kier molecular flexibility index (Phi) is 4.09. The van der Waals surface area contributed by atoms with Crippen LogP contribution in [0.15, 0.2) is 0 Å². The Bertz CT molecular complexity index is 426. The number of nitrogens with zero attached hydrogens (tertiary/aromatic N) is 2. The molecule has 3 aliphatic rings. The molecule has 0 aromatic rings. The molecule has 0 spiro atoms. The first-order valence-corrected chi connectivity index (χ1v) is 8.38. The van der Waals surface area contributed by atoms with Crippen molar-refractivity contribution in [1.82, 2.24) is 9.80 Å². The van der Waals surface area contributed by atoms with Crippen molar-refractivity contribution in [3.05, 3.63) is 0 Å². The van der Waals surface area contributed by atoms with E-state index in [4.69, 9.17) is 0 Å². The number of amides is 2. The maximum absolute atomic E-state index is 12.9. The van der Waals surface area contributed by atoms with Crippen molar-refractivity contribution >= 4 is 12.0 Å². The molecule has 4 atom stereocenters. The van der Waals surface area contributed by atoms with Gasteiger partial charge in [-0.1, -0.05) is 19.8 Å². The summed E-state index contributed by atoms with van der Waals surface area (Å²) in [4.78, 5) is 28.1. The second-order valence-corrected chi connectivity index (χ2v) is 7.07. The first kappa shape index (κ1) is 14.7. The summed E-state index contributed by atoms with van der Waals surface area (Å²) in [6, 6.07) is -0.492. The molecule has 2 heterocycles. The summed E-state index contributed by atoms with van der Waals surface area (Å²) >= 11 is 0. The van der Waals surface area contributed by atoms with Crippen LogP contribution in [0.5, 0.6) is 0 Å². The predicted octanol–water partition coefficient (Wildman–Crippen LogP) is 2.56.